The van der Waals surface area contributed by atoms with Crippen LogP contribution < -0.4 is 5.32 Å². The molecule has 0 bridgehead atoms. The molecule has 1 aromatic carbocycles. The number of rotatable bonds is 8. The van der Waals surface area contributed by atoms with Crippen molar-refractivity contribution in [1.29, 1.82) is 0 Å². The molecule has 0 aliphatic heterocycles. The zero-order chi connectivity index (χ0) is 17.4. The number of nitrogens with one attached hydrogen (secondary N) is 1. The van der Waals surface area contributed by atoms with Gasteiger partial charge in [0.2, 0.25) is 12.3 Å². The minimum Gasteiger partial charge on any atom is -0.339 e. The Bertz CT molecular complexity index is 666. The summed E-state index contributed by atoms with van der Waals surface area (Å²) in [6, 6.07) is 11.7. The van der Waals surface area contributed by atoms with E-state index in [0.29, 0.717) is 13.1 Å². The molecule has 24 heavy (non-hydrogen) atoms. The van der Waals surface area contributed by atoms with Crippen molar-refractivity contribution in [1.82, 2.24) is 9.88 Å². The van der Waals surface area contributed by atoms with Gasteiger partial charge in [0.15, 0.2) is 0 Å². The molecule has 0 saturated carbocycles. The van der Waals surface area contributed by atoms with E-state index in [1.54, 1.807) is 4.90 Å². The standard InChI is InChI=1S/C19H23N3O2/c1-3-16-4-9-19(20-12-16)13-22(14-23)11-10-17-5-7-18(8-6-17)21-15(2)24/h4-9,12,14H,3,10-11,13H2,1-2H3,(H,21,24). The molecule has 0 fully saturated rings. The lowest BCUT2D eigenvalue weighted by atomic mass is 10.1. The number of hydrogen-bond donors (Lipinski definition) is 1. The van der Waals surface area contributed by atoms with Crippen molar-refractivity contribution >= 4 is 18.0 Å². The largest absolute Gasteiger partial charge is 0.339 e. The number of nitrogens with zero attached hydrogens (tertiary/aromatic N) is 2. The van der Waals surface area contributed by atoms with Gasteiger partial charge < -0.3 is 10.2 Å². The SMILES string of the molecule is CCc1ccc(CN(C=O)CCc2ccc(NC(C)=O)cc2)nc1. The van der Waals surface area contributed by atoms with Crippen LogP contribution in [0.1, 0.15) is 30.7 Å². The summed E-state index contributed by atoms with van der Waals surface area (Å²) < 4.78 is 0. The Labute approximate surface area is 142 Å². The average Bonchev–Trinajstić information content (AvgIpc) is 2.60. The predicted molar refractivity (Wildman–Crippen MR) is 94.5 cm³/mol. The summed E-state index contributed by atoms with van der Waals surface area (Å²) in [6.07, 6.45) is 4.44. The number of amides is 2. The van der Waals surface area contributed by atoms with Gasteiger partial charge in [0.1, 0.15) is 0 Å². The molecular formula is C19H23N3O2. The van der Waals surface area contributed by atoms with Crippen LogP contribution >= 0.6 is 0 Å². The van der Waals surface area contributed by atoms with Gasteiger partial charge in [-0.25, -0.2) is 0 Å². The summed E-state index contributed by atoms with van der Waals surface area (Å²) >= 11 is 0. The van der Waals surface area contributed by atoms with E-state index in [2.05, 4.69) is 17.2 Å². The molecule has 0 saturated heterocycles. The van der Waals surface area contributed by atoms with Gasteiger partial charge in [0, 0.05) is 25.4 Å². The minimum absolute atomic E-state index is 0.0866. The molecule has 0 unspecified atom stereocenters. The van der Waals surface area contributed by atoms with Crippen LogP contribution in [0.4, 0.5) is 5.69 Å². The molecular weight excluding hydrogens is 302 g/mol. The van der Waals surface area contributed by atoms with Crippen LogP contribution in [0.5, 0.6) is 0 Å². The minimum atomic E-state index is -0.0866. The van der Waals surface area contributed by atoms with Crippen LogP contribution in [0, 0.1) is 0 Å². The van der Waals surface area contributed by atoms with E-state index in [1.807, 2.05) is 42.6 Å². The fourth-order valence-electron chi connectivity index (χ4n) is 2.37. The molecule has 1 N–H and O–H groups in total. The van der Waals surface area contributed by atoms with Crippen LogP contribution in [0.3, 0.4) is 0 Å². The van der Waals surface area contributed by atoms with Gasteiger partial charge >= 0.3 is 0 Å². The predicted octanol–water partition coefficient (Wildman–Crippen LogP) is 2.80. The molecule has 0 atom stereocenters. The lowest BCUT2D eigenvalue weighted by molar-refractivity contribution is -0.118. The fraction of sp³-hybridized carbons (Fsp3) is 0.316. The smallest absolute Gasteiger partial charge is 0.221 e. The van der Waals surface area contributed by atoms with Gasteiger partial charge in [-0.05, 0) is 42.2 Å². The highest BCUT2D eigenvalue weighted by molar-refractivity contribution is 5.88. The third-order valence-corrected chi connectivity index (χ3v) is 3.77. The molecule has 2 rings (SSSR count). The number of carbonyl (C=O) groups is 2. The Morgan fingerprint density at radius 2 is 1.88 bits per heavy atom. The first-order chi connectivity index (χ1) is 11.6. The number of aryl methyl sites for hydroxylation is 1. The lowest BCUT2D eigenvalue weighted by Crippen LogP contribution is -2.24. The van der Waals surface area contributed by atoms with E-state index >= 15 is 0 Å². The number of hydrogen-bond acceptors (Lipinski definition) is 3. The second-order valence-electron chi connectivity index (χ2n) is 5.72. The maximum absolute atomic E-state index is 11.3. The molecule has 0 radical (unpaired) electrons. The van der Waals surface area contributed by atoms with Crippen molar-refractivity contribution in [3.8, 4) is 0 Å². The third kappa shape index (κ3) is 5.50. The summed E-state index contributed by atoms with van der Waals surface area (Å²) in [5.74, 6) is -0.0866. The molecule has 1 heterocycles. The number of anilines is 1. The zero-order valence-electron chi connectivity index (χ0n) is 14.2. The highest BCUT2D eigenvalue weighted by atomic mass is 16.1. The third-order valence-electron chi connectivity index (χ3n) is 3.77. The van der Waals surface area contributed by atoms with Crippen molar-refractivity contribution in [2.24, 2.45) is 0 Å². The summed E-state index contributed by atoms with van der Waals surface area (Å²) in [4.78, 5) is 28.4. The number of benzene rings is 1. The summed E-state index contributed by atoms with van der Waals surface area (Å²) in [5, 5.41) is 2.74. The summed E-state index contributed by atoms with van der Waals surface area (Å²) in [7, 11) is 0. The zero-order valence-corrected chi connectivity index (χ0v) is 14.2. The van der Waals surface area contributed by atoms with Crippen LogP contribution in [0.2, 0.25) is 0 Å². The van der Waals surface area contributed by atoms with Crippen molar-refractivity contribution < 1.29 is 9.59 Å². The van der Waals surface area contributed by atoms with Crippen LogP contribution in [0.15, 0.2) is 42.6 Å². The quantitative estimate of drug-likeness (QED) is 0.759. The lowest BCUT2D eigenvalue weighted by Gasteiger charge is -2.17. The van der Waals surface area contributed by atoms with E-state index in [9.17, 15) is 9.59 Å². The monoisotopic (exact) mass is 325 g/mol. The van der Waals surface area contributed by atoms with Gasteiger partial charge in [0.25, 0.3) is 0 Å². The first-order valence-electron chi connectivity index (χ1n) is 8.10. The van der Waals surface area contributed by atoms with E-state index in [4.69, 9.17) is 0 Å². The van der Waals surface area contributed by atoms with E-state index < -0.39 is 0 Å². The molecule has 0 aliphatic carbocycles. The molecule has 0 aliphatic rings. The molecule has 2 aromatic rings. The van der Waals surface area contributed by atoms with Crippen molar-refractivity contribution in [2.45, 2.75) is 33.2 Å². The van der Waals surface area contributed by atoms with Gasteiger partial charge in [-0.1, -0.05) is 25.1 Å². The molecule has 1 aromatic heterocycles. The maximum Gasteiger partial charge on any atom is 0.221 e. The highest BCUT2D eigenvalue weighted by Gasteiger charge is 2.05. The van der Waals surface area contributed by atoms with Crippen molar-refractivity contribution in [3.63, 3.8) is 0 Å². The van der Waals surface area contributed by atoms with Crippen molar-refractivity contribution in [2.75, 3.05) is 11.9 Å². The Kier molecular flexibility index (Phi) is 6.49. The highest BCUT2D eigenvalue weighted by Crippen LogP contribution is 2.11. The van der Waals surface area contributed by atoms with Gasteiger partial charge in [-0.3, -0.25) is 14.6 Å². The van der Waals surface area contributed by atoms with E-state index in [0.717, 1.165) is 36.2 Å². The Morgan fingerprint density at radius 3 is 2.42 bits per heavy atom. The second kappa shape index (κ2) is 8.82. The molecule has 126 valence electrons. The molecule has 5 nitrogen and oxygen atoms in total. The van der Waals surface area contributed by atoms with Gasteiger partial charge in [0.05, 0.1) is 12.2 Å². The Morgan fingerprint density at radius 1 is 1.17 bits per heavy atom. The van der Waals surface area contributed by atoms with Crippen LogP contribution in [-0.2, 0) is 29.0 Å². The van der Waals surface area contributed by atoms with Gasteiger partial charge in [-0.2, -0.15) is 0 Å². The van der Waals surface area contributed by atoms with E-state index in [-0.39, 0.29) is 5.91 Å². The van der Waals surface area contributed by atoms with Crippen LogP contribution in [0.25, 0.3) is 0 Å². The number of pyridine rings is 1. The van der Waals surface area contributed by atoms with Gasteiger partial charge in [-0.15, -0.1) is 0 Å². The molecule has 0 spiro atoms. The second-order valence-corrected chi connectivity index (χ2v) is 5.72. The van der Waals surface area contributed by atoms with Crippen LogP contribution in [-0.4, -0.2) is 28.7 Å². The van der Waals surface area contributed by atoms with Crippen molar-refractivity contribution in [3.05, 3.63) is 59.4 Å². The summed E-state index contributed by atoms with van der Waals surface area (Å²) in [6.45, 7) is 4.71. The normalized spacial score (nSPS) is 10.2. The topological polar surface area (TPSA) is 62.3 Å². The maximum atomic E-state index is 11.3. The summed E-state index contributed by atoms with van der Waals surface area (Å²) in [5.41, 5.74) is 3.97. The number of aromatic nitrogens is 1. The Balaban J connectivity index is 1.88. The molecule has 2 amide bonds. The Hall–Kier alpha value is -2.69. The average molecular weight is 325 g/mol. The molecule has 5 heteroatoms. The first-order valence-corrected chi connectivity index (χ1v) is 8.10. The fourth-order valence-corrected chi connectivity index (χ4v) is 2.37. The first kappa shape index (κ1) is 17.7. The van der Waals surface area contributed by atoms with E-state index in [1.165, 1.54) is 12.5 Å². The number of carbonyl (C=O) groups excluding carboxylic acids is 2.